The van der Waals surface area contributed by atoms with Crippen LogP contribution < -0.4 is 11.1 Å². The number of hydrogen-bond donors (Lipinski definition) is 2. The van der Waals surface area contributed by atoms with Crippen LogP contribution in [-0.4, -0.2) is 44.2 Å². The quantitative estimate of drug-likeness (QED) is 0.548. The van der Waals surface area contributed by atoms with Gasteiger partial charge in [0.2, 0.25) is 0 Å². The van der Waals surface area contributed by atoms with Crippen molar-refractivity contribution >= 4 is 0 Å². The molecule has 3 heteroatoms. The molecule has 80 valence electrons. The number of nitrogens with zero attached hydrogens (tertiary/aromatic N) is 1. The summed E-state index contributed by atoms with van der Waals surface area (Å²) in [5.74, 6) is 0. The standard InChI is InChI=1S/C10H25N3/c1-4-10(2)13(3)9-8-12-7-5-6-11/h10,12H,4-9,11H2,1-3H3. The molecule has 0 amide bonds. The molecule has 13 heavy (non-hydrogen) atoms. The summed E-state index contributed by atoms with van der Waals surface area (Å²) in [6.45, 7) is 8.52. The molecule has 0 fully saturated rings. The number of likely N-dealkylation sites (N-methyl/N-ethyl adjacent to an activating group) is 1. The van der Waals surface area contributed by atoms with Crippen molar-refractivity contribution in [2.75, 3.05) is 33.2 Å². The maximum Gasteiger partial charge on any atom is 0.0107 e. The van der Waals surface area contributed by atoms with Gasteiger partial charge in [-0.3, -0.25) is 0 Å². The summed E-state index contributed by atoms with van der Waals surface area (Å²) in [6.07, 6.45) is 2.30. The van der Waals surface area contributed by atoms with Crippen LogP contribution in [0.15, 0.2) is 0 Å². The van der Waals surface area contributed by atoms with E-state index in [1.54, 1.807) is 0 Å². The van der Waals surface area contributed by atoms with E-state index in [1.807, 2.05) is 0 Å². The van der Waals surface area contributed by atoms with E-state index in [0.29, 0.717) is 6.04 Å². The molecule has 0 saturated heterocycles. The van der Waals surface area contributed by atoms with E-state index in [-0.39, 0.29) is 0 Å². The lowest BCUT2D eigenvalue weighted by atomic mass is 10.2. The van der Waals surface area contributed by atoms with Gasteiger partial charge in [-0.15, -0.1) is 0 Å². The van der Waals surface area contributed by atoms with Crippen LogP contribution >= 0.6 is 0 Å². The van der Waals surface area contributed by atoms with Gasteiger partial charge < -0.3 is 16.0 Å². The zero-order valence-electron chi connectivity index (χ0n) is 9.34. The monoisotopic (exact) mass is 187 g/mol. The molecule has 0 saturated carbocycles. The third-order valence-electron chi connectivity index (χ3n) is 2.54. The summed E-state index contributed by atoms with van der Waals surface area (Å²) in [5.41, 5.74) is 5.39. The molecule has 1 unspecified atom stereocenters. The Labute approximate surface area is 82.7 Å². The highest BCUT2D eigenvalue weighted by Crippen LogP contribution is 1.97. The van der Waals surface area contributed by atoms with Gasteiger partial charge in [0.05, 0.1) is 0 Å². The molecule has 0 bridgehead atoms. The highest BCUT2D eigenvalue weighted by Gasteiger charge is 2.04. The van der Waals surface area contributed by atoms with E-state index in [4.69, 9.17) is 5.73 Å². The Kier molecular flexibility index (Phi) is 8.40. The largest absolute Gasteiger partial charge is 0.330 e. The Bertz CT molecular complexity index is 106. The van der Waals surface area contributed by atoms with Crippen molar-refractivity contribution in [2.24, 2.45) is 5.73 Å². The van der Waals surface area contributed by atoms with Crippen LogP contribution in [0.4, 0.5) is 0 Å². The van der Waals surface area contributed by atoms with Crippen molar-refractivity contribution in [3.8, 4) is 0 Å². The zero-order chi connectivity index (χ0) is 10.1. The number of nitrogens with two attached hydrogens (primary N) is 1. The van der Waals surface area contributed by atoms with Crippen LogP contribution in [0, 0.1) is 0 Å². The maximum absolute atomic E-state index is 5.39. The van der Waals surface area contributed by atoms with Crippen LogP contribution in [0.3, 0.4) is 0 Å². The molecule has 0 aromatic heterocycles. The minimum Gasteiger partial charge on any atom is -0.330 e. The van der Waals surface area contributed by atoms with E-state index in [0.717, 1.165) is 32.6 Å². The molecule has 0 aliphatic heterocycles. The Morgan fingerprint density at radius 2 is 2.08 bits per heavy atom. The summed E-state index contributed by atoms with van der Waals surface area (Å²) in [7, 11) is 2.18. The van der Waals surface area contributed by atoms with E-state index < -0.39 is 0 Å². The third-order valence-corrected chi connectivity index (χ3v) is 2.54. The van der Waals surface area contributed by atoms with Crippen molar-refractivity contribution < 1.29 is 0 Å². The number of rotatable bonds is 8. The van der Waals surface area contributed by atoms with Gasteiger partial charge in [0.1, 0.15) is 0 Å². The predicted molar refractivity (Wildman–Crippen MR) is 58.9 cm³/mol. The van der Waals surface area contributed by atoms with Gasteiger partial charge in [0.15, 0.2) is 0 Å². The Morgan fingerprint density at radius 3 is 2.62 bits per heavy atom. The molecule has 0 heterocycles. The van der Waals surface area contributed by atoms with Crippen LogP contribution in [-0.2, 0) is 0 Å². The molecule has 0 aromatic carbocycles. The van der Waals surface area contributed by atoms with Gasteiger partial charge >= 0.3 is 0 Å². The molecule has 3 N–H and O–H groups in total. The summed E-state index contributed by atoms with van der Waals surface area (Å²) in [6, 6.07) is 0.691. The van der Waals surface area contributed by atoms with Crippen molar-refractivity contribution in [2.45, 2.75) is 32.7 Å². The Hall–Kier alpha value is -0.120. The van der Waals surface area contributed by atoms with E-state index >= 15 is 0 Å². The number of nitrogens with one attached hydrogen (secondary N) is 1. The molecule has 0 radical (unpaired) electrons. The number of hydrogen-bond acceptors (Lipinski definition) is 3. The fraction of sp³-hybridized carbons (Fsp3) is 1.00. The van der Waals surface area contributed by atoms with Crippen molar-refractivity contribution in [1.29, 1.82) is 0 Å². The second-order valence-corrected chi connectivity index (χ2v) is 3.63. The topological polar surface area (TPSA) is 41.3 Å². The molecule has 0 aliphatic carbocycles. The van der Waals surface area contributed by atoms with Crippen LogP contribution in [0.25, 0.3) is 0 Å². The van der Waals surface area contributed by atoms with Gasteiger partial charge in [-0.05, 0) is 39.9 Å². The molecular weight excluding hydrogens is 162 g/mol. The fourth-order valence-corrected chi connectivity index (χ4v) is 1.14. The van der Waals surface area contributed by atoms with Crippen molar-refractivity contribution in [3.05, 3.63) is 0 Å². The zero-order valence-corrected chi connectivity index (χ0v) is 9.34. The first-order chi connectivity index (χ1) is 6.22. The highest BCUT2D eigenvalue weighted by molar-refractivity contribution is 4.62. The first kappa shape index (κ1) is 12.9. The average molecular weight is 187 g/mol. The van der Waals surface area contributed by atoms with Gasteiger partial charge in [0.25, 0.3) is 0 Å². The summed E-state index contributed by atoms with van der Waals surface area (Å²) in [5, 5.41) is 3.37. The third kappa shape index (κ3) is 6.99. The van der Waals surface area contributed by atoms with Crippen LogP contribution in [0.5, 0.6) is 0 Å². The Balaban J connectivity index is 3.21. The summed E-state index contributed by atoms with van der Waals surface area (Å²) in [4.78, 5) is 2.38. The molecule has 3 nitrogen and oxygen atoms in total. The lowest BCUT2D eigenvalue weighted by molar-refractivity contribution is 0.252. The van der Waals surface area contributed by atoms with Crippen molar-refractivity contribution in [3.63, 3.8) is 0 Å². The van der Waals surface area contributed by atoms with E-state index in [9.17, 15) is 0 Å². The second-order valence-electron chi connectivity index (χ2n) is 3.63. The van der Waals surface area contributed by atoms with Gasteiger partial charge in [-0.2, -0.15) is 0 Å². The molecule has 0 spiro atoms. The molecule has 0 rings (SSSR count). The van der Waals surface area contributed by atoms with E-state index in [2.05, 4.69) is 31.1 Å². The van der Waals surface area contributed by atoms with E-state index in [1.165, 1.54) is 6.42 Å². The smallest absolute Gasteiger partial charge is 0.0107 e. The SMILES string of the molecule is CCC(C)N(C)CCNCCCN. The normalized spacial score (nSPS) is 13.6. The summed E-state index contributed by atoms with van der Waals surface area (Å²) < 4.78 is 0. The van der Waals surface area contributed by atoms with Crippen molar-refractivity contribution in [1.82, 2.24) is 10.2 Å². The molecule has 0 aliphatic rings. The van der Waals surface area contributed by atoms with Crippen LogP contribution in [0.1, 0.15) is 26.7 Å². The average Bonchev–Trinajstić information content (AvgIpc) is 2.16. The van der Waals surface area contributed by atoms with Gasteiger partial charge in [-0.25, -0.2) is 0 Å². The van der Waals surface area contributed by atoms with Crippen LogP contribution in [0.2, 0.25) is 0 Å². The minimum absolute atomic E-state index is 0.691. The lowest BCUT2D eigenvalue weighted by Gasteiger charge is -2.23. The first-order valence-corrected chi connectivity index (χ1v) is 5.33. The molecular formula is C10H25N3. The highest BCUT2D eigenvalue weighted by atomic mass is 15.1. The predicted octanol–water partition coefficient (Wildman–Crippen LogP) is 0.655. The molecule has 0 aromatic rings. The maximum atomic E-state index is 5.39. The Morgan fingerprint density at radius 1 is 1.38 bits per heavy atom. The lowest BCUT2D eigenvalue weighted by Crippen LogP contribution is -2.35. The summed E-state index contributed by atoms with van der Waals surface area (Å²) >= 11 is 0. The van der Waals surface area contributed by atoms with Gasteiger partial charge in [0, 0.05) is 19.1 Å². The fourth-order valence-electron chi connectivity index (χ4n) is 1.14. The first-order valence-electron chi connectivity index (χ1n) is 5.33. The second kappa shape index (κ2) is 8.48. The minimum atomic E-state index is 0.691. The van der Waals surface area contributed by atoms with Gasteiger partial charge in [-0.1, -0.05) is 6.92 Å². The molecule has 1 atom stereocenters.